The summed E-state index contributed by atoms with van der Waals surface area (Å²) in [4.78, 5) is 22.9. The molecular weight excluding hydrogens is 268 g/mol. The lowest BCUT2D eigenvalue weighted by atomic mass is 10.1. The first-order valence-corrected chi connectivity index (χ1v) is 6.49. The Morgan fingerprint density at radius 1 is 1.00 bits per heavy atom. The third kappa shape index (κ3) is 3.90. The standard InChI is InChI=1S/C16H16N2O3/c17-9-11-4-6-13(7-5-11)15(19)18-10-12-2-1-3-14(8-12)16(20)21/h1-8H,9-10,17H2,(H,18,19)(H,20,21). The van der Waals surface area contributed by atoms with Gasteiger partial charge >= 0.3 is 5.97 Å². The van der Waals surface area contributed by atoms with Gasteiger partial charge in [0.05, 0.1) is 5.56 Å². The van der Waals surface area contributed by atoms with Crippen LogP contribution in [-0.4, -0.2) is 17.0 Å². The van der Waals surface area contributed by atoms with Gasteiger partial charge in [-0.3, -0.25) is 4.79 Å². The number of rotatable bonds is 5. The molecule has 2 rings (SSSR count). The molecule has 2 aromatic rings. The molecule has 4 N–H and O–H groups in total. The molecule has 0 spiro atoms. The number of carbonyl (C=O) groups excluding carboxylic acids is 1. The summed E-state index contributed by atoms with van der Waals surface area (Å²) in [5, 5.41) is 11.7. The number of hydrogen-bond acceptors (Lipinski definition) is 3. The number of carbonyl (C=O) groups is 2. The lowest BCUT2D eigenvalue weighted by Gasteiger charge is -2.07. The molecule has 0 aromatic heterocycles. The van der Waals surface area contributed by atoms with Crippen LogP contribution in [0.25, 0.3) is 0 Å². The summed E-state index contributed by atoms with van der Waals surface area (Å²) in [5.74, 6) is -1.19. The summed E-state index contributed by atoms with van der Waals surface area (Å²) >= 11 is 0. The van der Waals surface area contributed by atoms with Crippen molar-refractivity contribution in [3.63, 3.8) is 0 Å². The van der Waals surface area contributed by atoms with Gasteiger partial charge in [0.1, 0.15) is 0 Å². The van der Waals surface area contributed by atoms with Crippen molar-refractivity contribution in [2.24, 2.45) is 5.73 Å². The van der Waals surface area contributed by atoms with E-state index in [-0.39, 0.29) is 18.0 Å². The Bertz CT molecular complexity index is 651. The van der Waals surface area contributed by atoms with Crippen LogP contribution in [-0.2, 0) is 13.1 Å². The second kappa shape index (κ2) is 6.67. The fourth-order valence-electron chi connectivity index (χ4n) is 1.89. The molecule has 0 saturated carbocycles. The number of aromatic carboxylic acids is 1. The maximum atomic E-state index is 12.0. The third-order valence-electron chi connectivity index (χ3n) is 3.08. The van der Waals surface area contributed by atoms with Gasteiger partial charge in [0.25, 0.3) is 5.91 Å². The first-order chi connectivity index (χ1) is 10.1. The third-order valence-corrected chi connectivity index (χ3v) is 3.08. The normalized spacial score (nSPS) is 10.1. The molecule has 0 aliphatic rings. The van der Waals surface area contributed by atoms with Crippen molar-refractivity contribution in [1.29, 1.82) is 0 Å². The van der Waals surface area contributed by atoms with Crippen LogP contribution in [0.15, 0.2) is 48.5 Å². The molecule has 0 heterocycles. The number of benzene rings is 2. The van der Waals surface area contributed by atoms with Crippen LogP contribution in [0.2, 0.25) is 0 Å². The molecule has 1 amide bonds. The predicted molar refractivity (Wildman–Crippen MR) is 78.9 cm³/mol. The van der Waals surface area contributed by atoms with E-state index in [1.54, 1.807) is 42.5 Å². The van der Waals surface area contributed by atoms with E-state index in [1.807, 2.05) is 0 Å². The molecule has 2 aromatic carbocycles. The van der Waals surface area contributed by atoms with E-state index >= 15 is 0 Å². The van der Waals surface area contributed by atoms with Crippen LogP contribution in [0.3, 0.4) is 0 Å². The summed E-state index contributed by atoms with van der Waals surface area (Å²) < 4.78 is 0. The van der Waals surface area contributed by atoms with E-state index in [9.17, 15) is 9.59 Å². The molecule has 0 radical (unpaired) electrons. The Morgan fingerprint density at radius 2 is 1.71 bits per heavy atom. The van der Waals surface area contributed by atoms with E-state index in [0.717, 1.165) is 11.1 Å². The lowest BCUT2D eigenvalue weighted by molar-refractivity contribution is 0.0696. The monoisotopic (exact) mass is 284 g/mol. The van der Waals surface area contributed by atoms with Gasteiger partial charge in [0, 0.05) is 18.7 Å². The van der Waals surface area contributed by atoms with Gasteiger partial charge in [-0.05, 0) is 35.4 Å². The van der Waals surface area contributed by atoms with Gasteiger partial charge in [-0.1, -0.05) is 24.3 Å². The molecule has 5 nitrogen and oxygen atoms in total. The Labute approximate surface area is 122 Å². The van der Waals surface area contributed by atoms with Gasteiger partial charge in [-0.25, -0.2) is 4.79 Å². The Morgan fingerprint density at radius 3 is 2.33 bits per heavy atom. The molecule has 0 unspecified atom stereocenters. The van der Waals surface area contributed by atoms with Gasteiger partial charge in [-0.2, -0.15) is 0 Å². The van der Waals surface area contributed by atoms with Crippen LogP contribution >= 0.6 is 0 Å². The fraction of sp³-hybridized carbons (Fsp3) is 0.125. The van der Waals surface area contributed by atoms with Crippen molar-refractivity contribution in [3.8, 4) is 0 Å². The number of hydrogen-bond donors (Lipinski definition) is 3. The Hall–Kier alpha value is -2.66. The summed E-state index contributed by atoms with van der Waals surface area (Å²) in [6.07, 6.45) is 0. The zero-order valence-electron chi connectivity index (χ0n) is 11.4. The highest BCUT2D eigenvalue weighted by Gasteiger charge is 2.07. The second-order valence-corrected chi connectivity index (χ2v) is 4.59. The smallest absolute Gasteiger partial charge is 0.335 e. The average molecular weight is 284 g/mol. The van der Waals surface area contributed by atoms with Crippen molar-refractivity contribution in [3.05, 3.63) is 70.8 Å². The molecule has 0 atom stereocenters. The Balaban J connectivity index is 2.00. The number of amides is 1. The summed E-state index contributed by atoms with van der Waals surface area (Å²) in [6.45, 7) is 0.711. The molecule has 0 fully saturated rings. The fourth-order valence-corrected chi connectivity index (χ4v) is 1.89. The summed E-state index contributed by atoms with van der Waals surface area (Å²) in [7, 11) is 0. The highest BCUT2D eigenvalue weighted by atomic mass is 16.4. The highest BCUT2D eigenvalue weighted by molar-refractivity contribution is 5.94. The van der Waals surface area contributed by atoms with Gasteiger partial charge in [-0.15, -0.1) is 0 Å². The van der Waals surface area contributed by atoms with Gasteiger partial charge in [0.2, 0.25) is 0 Å². The lowest BCUT2D eigenvalue weighted by Crippen LogP contribution is -2.22. The van der Waals surface area contributed by atoms with Gasteiger partial charge < -0.3 is 16.2 Å². The quantitative estimate of drug-likeness (QED) is 0.780. The predicted octanol–water partition coefficient (Wildman–Crippen LogP) is 1.77. The van der Waals surface area contributed by atoms with Crippen molar-refractivity contribution in [2.45, 2.75) is 13.1 Å². The number of carboxylic acid groups (broad SMARTS) is 1. The SMILES string of the molecule is NCc1ccc(C(=O)NCc2cccc(C(=O)O)c2)cc1. The molecule has 108 valence electrons. The molecule has 0 saturated heterocycles. The van der Waals surface area contributed by atoms with Crippen LogP contribution < -0.4 is 11.1 Å². The topological polar surface area (TPSA) is 92.4 Å². The summed E-state index contributed by atoms with van der Waals surface area (Å²) in [6, 6.07) is 13.5. The zero-order chi connectivity index (χ0) is 15.2. The first-order valence-electron chi connectivity index (χ1n) is 6.49. The molecule has 0 bridgehead atoms. The zero-order valence-corrected chi connectivity index (χ0v) is 11.4. The first kappa shape index (κ1) is 14.7. The van der Waals surface area contributed by atoms with Crippen LogP contribution in [0, 0.1) is 0 Å². The maximum absolute atomic E-state index is 12.0. The van der Waals surface area contributed by atoms with E-state index in [2.05, 4.69) is 5.32 Å². The van der Waals surface area contributed by atoms with E-state index in [4.69, 9.17) is 10.8 Å². The van der Waals surface area contributed by atoms with E-state index in [1.165, 1.54) is 6.07 Å². The number of carboxylic acids is 1. The van der Waals surface area contributed by atoms with Crippen LogP contribution in [0.1, 0.15) is 31.8 Å². The van der Waals surface area contributed by atoms with Crippen molar-refractivity contribution in [1.82, 2.24) is 5.32 Å². The minimum Gasteiger partial charge on any atom is -0.478 e. The van der Waals surface area contributed by atoms with E-state index < -0.39 is 5.97 Å². The molecule has 21 heavy (non-hydrogen) atoms. The number of nitrogens with two attached hydrogens (primary N) is 1. The average Bonchev–Trinajstić information content (AvgIpc) is 2.53. The van der Waals surface area contributed by atoms with E-state index in [0.29, 0.717) is 12.1 Å². The maximum Gasteiger partial charge on any atom is 0.335 e. The van der Waals surface area contributed by atoms with Gasteiger partial charge in [0.15, 0.2) is 0 Å². The molecule has 0 aliphatic heterocycles. The number of nitrogens with one attached hydrogen (secondary N) is 1. The largest absolute Gasteiger partial charge is 0.478 e. The van der Waals surface area contributed by atoms with Crippen molar-refractivity contribution >= 4 is 11.9 Å². The molecule has 5 heteroatoms. The second-order valence-electron chi connectivity index (χ2n) is 4.59. The summed E-state index contributed by atoms with van der Waals surface area (Å²) in [5.41, 5.74) is 7.94. The van der Waals surface area contributed by atoms with Crippen molar-refractivity contribution in [2.75, 3.05) is 0 Å². The molecule has 0 aliphatic carbocycles. The minimum atomic E-state index is -0.986. The molecular formula is C16H16N2O3. The van der Waals surface area contributed by atoms with Crippen molar-refractivity contribution < 1.29 is 14.7 Å². The van der Waals surface area contributed by atoms with Crippen LogP contribution in [0.5, 0.6) is 0 Å². The highest BCUT2D eigenvalue weighted by Crippen LogP contribution is 2.07. The Kier molecular flexibility index (Phi) is 4.68. The van der Waals surface area contributed by atoms with Crippen LogP contribution in [0.4, 0.5) is 0 Å². The minimum absolute atomic E-state index is 0.203.